The Balaban J connectivity index is 1.96. The lowest BCUT2D eigenvalue weighted by atomic mass is 10.0. The van der Waals surface area contributed by atoms with Gasteiger partial charge in [-0.2, -0.15) is 0 Å². The van der Waals surface area contributed by atoms with Gasteiger partial charge in [-0.05, 0) is 51.5 Å². The average Bonchev–Trinajstić information content (AvgIpc) is 2.89. The van der Waals surface area contributed by atoms with Crippen molar-refractivity contribution in [1.82, 2.24) is 15.1 Å². The van der Waals surface area contributed by atoms with Gasteiger partial charge >= 0.3 is 0 Å². The van der Waals surface area contributed by atoms with Gasteiger partial charge in [0.1, 0.15) is 0 Å². The number of benzene rings is 1. The van der Waals surface area contributed by atoms with Crippen LogP contribution in [0.15, 0.2) is 30.3 Å². The molecule has 0 amide bonds. The van der Waals surface area contributed by atoms with E-state index in [1.54, 1.807) is 0 Å². The second-order valence-electron chi connectivity index (χ2n) is 6.49. The van der Waals surface area contributed by atoms with Gasteiger partial charge in [0, 0.05) is 25.7 Å². The number of nitrogens with zero attached hydrogens (tertiary/aromatic N) is 2. The molecule has 1 fully saturated rings. The van der Waals surface area contributed by atoms with Gasteiger partial charge in [-0.1, -0.05) is 37.3 Å². The second-order valence-corrected chi connectivity index (χ2v) is 6.49. The van der Waals surface area contributed by atoms with Crippen LogP contribution in [0.4, 0.5) is 0 Å². The standard InChI is InChI=1S/C18H31N3/c1-4-11-19-13-18(17-8-6-5-7-9-17)21(3)15-16-10-12-20(2)14-16/h5-9,16,18-19H,4,10-15H2,1-3H3. The highest BCUT2D eigenvalue weighted by molar-refractivity contribution is 5.19. The number of hydrogen-bond acceptors (Lipinski definition) is 3. The van der Waals surface area contributed by atoms with E-state index < -0.39 is 0 Å². The molecule has 0 radical (unpaired) electrons. The lowest BCUT2D eigenvalue weighted by Crippen LogP contribution is -2.37. The first kappa shape index (κ1) is 16.5. The van der Waals surface area contributed by atoms with Crippen molar-refractivity contribution in [2.75, 3.05) is 46.8 Å². The molecule has 0 bridgehead atoms. The van der Waals surface area contributed by atoms with E-state index in [9.17, 15) is 0 Å². The van der Waals surface area contributed by atoms with E-state index in [0.717, 1.165) is 19.0 Å². The van der Waals surface area contributed by atoms with Crippen LogP contribution < -0.4 is 5.32 Å². The summed E-state index contributed by atoms with van der Waals surface area (Å²) in [5.41, 5.74) is 1.43. The van der Waals surface area contributed by atoms with Gasteiger partial charge in [0.25, 0.3) is 0 Å². The molecule has 1 aromatic carbocycles. The molecule has 3 nitrogen and oxygen atoms in total. The summed E-state index contributed by atoms with van der Waals surface area (Å²) in [7, 11) is 4.51. The van der Waals surface area contributed by atoms with Crippen LogP contribution in [0.5, 0.6) is 0 Å². The van der Waals surface area contributed by atoms with Crippen LogP contribution in [0.25, 0.3) is 0 Å². The number of nitrogens with one attached hydrogen (secondary N) is 1. The molecule has 1 aliphatic rings. The summed E-state index contributed by atoms with van der Waals surface area (Å²) in [4.78, 5) is 4.99. The molecule has 2 rings (SSSR count). The fraction of sp³-hybridized carbons (Fsp3) is 0.667. The molecule has 2 unspecified atom stereocenters. The van der Waals surface area contributed by atoms with E-state index >= 15 is 0 Å². The minimum absolute atomic E-state index is 0.476. The summed E-state index contributed by atoms with van der Waals surface area (Å²) in [6.45, 7) is 8.05. The maximum Gasteiger partial charge on any atom is 0.0469 e. The zero-order chi connectivity index (χ0) is 15.1. The Morgan fingerprint density at radius 3 is 2.71 bits per heavy atom. The molecule has 0 spiro atoms. The SMILES string of the molecule is CCCNCC(c1ccccc1)N(C)CC1CCN(C)C1. The average molecular weight is 289 g/mol. The van der Waals surface area contributed by atoms with E-state index in [0.29, 0.717) is 6.04 Å². The van der Waals surface area contributed by atoms with Crippen LogP contribution in [-0.4, -0.2) is 56.6 Å². The molecule has 1 heterocycles. The lowest BCUT2D eigenvalue weighted by molar-refractivity contribution is 0.203. The first-order valence-corrected chi connectivity index (χ1v) is 8.35. The highest BCUT2D eigenvalue weighted by Gasteiger charge is 2.24. The first-order chi connectivity index (χ1) is 10.2. The zero-order valence-electron chi connectivity index (χ0n) is 13.9. The third-order valence-corrected chi connectivity index (χ3v) is 4.52. The summed E-state index contributed by atoms with van der Waals surface area (Å²) in [5, 5.41) is 3.60. The minimum atomic E-state index is 0.476. The van der Waals surface area contributed by atoms with Crippen molar-refractivity contribution in [2.45, 2.75) is 25.8 Å². The van der Waals surface area contributed by atoms with Crippen molar-refractivity contribution in [2.24, 2.45) is 5.92 Å². The fourth-order valence-electron chi connectivity index (χ4n) is 3.33. The third kappa shape index (κ3) is 5.10. The van der Waals surface area contributed by atoms with E-state index in [1.165, 1.54) is 38.0 Å². The molecule has 0 aromatic heterocycles. The van der Waals surface area contributed by atoms with E-state index in [-0.39, 0.29) is 0 Å². The molecule has 1 aliphatic heterocycles. The van der Waals surface area contributed by atoms with E-state index in [4.69, 9.17) is 0 Å². The topological polar surface area (TPSA) is 18.5 Å². The van der Waals surface area contributed by atoms with Crippen LogP contribution in [0, 0.1) is 5.92 Å². The third-order valence-electron chi connectivity index (χ3n) is 4.52. The monoisotopic (exact) mass is 289 g/mol. The molecule has 118 valence electrons. The highest BCUT2D eigenvalue weighted by Crippen LogP contribution is 2.22. The number of likely N-dealkylation sites (tertiary alicyclic amines) is 1. The molecule has 3 heteroatoms. The summed E-state index contributed by atoms with van der Waals surface area (Å²) < 4.78 is 0. The van der Waals surface area contributed by atoms with Crippen LogP contribution in [0.2, 0.25) is 0 Å². The summed E-state index contributed by atoms with van der Waals surface area (Å²) >= 11 is 0. The van der Waals surface area contributed by atoms with Gasteiger partial charge in [-0.25, -0.2) is 0 Å². The molecular formula is C18H31N3. The Labute approximate surface area is 130 Å². The molecule has 1 N–H and O–H groups in total. The molecule has 1 aromatic rings. The van der Waals surface area contributed by atoms with Crippen molar-refractivity contribution in [3.05, 3.63) is 35.9 Å². The van der Waals surface area contributed by atoms with Crippen molar-refractivity contribution >= 4 is 0 Å². The summed E-state index contributed by atoms with van der Waals surface area (Å²) in [5.74, 6) is 0.817. The maximum atomic E-state index is 3.60. The minimum Gasteiger partial charge on any atom is -0.315 e. The van der Waals surface area contributed by atoms with Crippen LogP contribution in [0.1, 0.15) is 31.4 Å². The Hall–Kier alpha value is -0.900. The molecule has 1 saturated heterocycles. The normalized spacial score (nSPS) is 21.0. The zero-order valence-corrected chi connectivity index (χ0v) is 13.9. The number of rotatable bonds is 8. The van der Waals surface area contributed by atoms with Crippen molar-refractivity contribution in [3.8, 4) is 0 Å². The quantitative estimate of drug-likeness (QED) is 0.742. The fourth-order valence-corrected chi connectivity index (χ4v) is 3.33. The van der Waals surface area contributed by atoms with Crippen molar-refractivity contribution < 1.29 is 0 Å². The Morgan fingerprint density at radius 1 is 1.33 bits per heavy atom. The first-order valence-electron chi connectivity index (χ1n) is 8.35. The van der Waals surface area contributed by atoms with Gasteiger partial charge in [0.15, 0.2) is 0 Å². The van der Waals surface area contributed by atoms with Crippen molar-refractivity contribution in [3.63, 3.8) is 0 Å². The molecule has 21 heavy (non-hydrogen) atoms. The van der Waals surface area contributed by atoms with Crippen LogP contribution >= 0.6 is 0 Å². The van der Waals surface area contributed by atoms with Gasteiger partial charge in [0.05, 0.1) is 0 Å². The van der Waals surface area contributed by atoms with E-state index in [1.807, 2.05) is 0 Å². The smallest absolute Gasteiger partial charge is 0.0469 e. The Bertz CT molecular complexity index is 393. The molecule has 0 saturated carbocycles. The highest BCUT2D eigenvalue weighted by atomic mass is 15.2. The lowest BCUT2D eigenvalue weighted by Gasteiger charge is -2.31. The van der Waals surface area contributed by atoms with E-state index in [2.05, 4.69) is 66.5 Å². The molecule has 0 aliphatic carbocycles. The predicted molar refractivity (Wildman–Crippen MR) is 90.6 cm³/mol. The molecular weight excluding hydrogens is 258 g/mol. The van der Waals surface area contributed by atoms with Gasteiger partial charge in [0.2, 0.25) is 0 Å². The van der Waals surface area contributed by atoms with Crippen LogP contribution in [-0.2, 0) is 0 Å². The van der Waals surface area contributed by atoms with Crippen LogP contribution in [0.3, 0.4) is 0 Å². The van der Waals surface area contributed by atoms with Gasteiger partial charge in [-0.15, -0.1) is 0 Å². The maximum absolute atomic E-state index is 3.60. The van der Waals surface area contributed by atoms with Gasteiger partial charge < -0.3 is 10.2 Å². The summed E-state index contributed by atoms with van der Waals surface area (Å²) in [6, 6.07) is 11.4. The second kappa shape index (κ2) is 8.52. The number of hydrogen-bond donors (Lipinski definition) is 1. The Morgan fingerprint density at radius 2 is 2.10 bits per heavy atom. The van der Waals surface area contributed by atoms with Gasteiger partial charge in [-0.3, -0.25) is 4.90 Å². The summed E-state index contributed by atoms with van der Waals surface area (Å²) in [6.07, 6.45) is 2.53. The predicted octanol–water partition coefficient (Wildman–Crippen LogP) is 2.61. The van der Waals surface area contributed by atoms with Crippen molar-refractivity contribution in [1.29, 1.82) is 0 Å². The Kier molecular flexibility index (Phi) is 6.68. The number of likely N-dealkylation sites (N-methyl/N-ethyl adjacent to an activating group) is 1. The largest absolute Gasteiger partial charge is 0.315 e. The molecule has 2 atom stereocenters.